The molecule has 2 aromatic rings. The third-order valence-electron chi connectivity index (χ3n) is 5.15. The van der Waals surface area contributed by atoms with Crippen molar-refractivity contribution in [2.45, 2.75) is 18.9 Å². The van der Waals surface area contributed by atoms with E-state index in [9.17, 15) is 9.59 Å². The van der Waals surface area contributed by atoms with Gasteiger partial charge in [-0.05, 0) is 42.2 Å². The number of amides is 3. The first-order chi connectivity index (χ1) is 12.1. The molecule has 1 heterocycles. The van der Waals surface area contributed by atoms with Gasteiger partial charge in [-0.25, -0.2) is 4.79 Å². The number of aryl methyl sites for hydroxylation is 1. The summed E-state index contributed by atoms with van der Waals surface area (Å²) in [5.41, 5.74) is 3.95. The number of carbonyl (C=O) groups is 2. The molecule has 0 spiro atoms. The molecule has 0 bridgehead atoms. The Kier molecular flexibility index (Phi) is 3.92. The molecule has 1 atom stereocenters. The Morgan fingerprint density at radius 2 is 2.04 bits per heavy atom. The van der Waals surface area contributed by atoms with Gasteiger partial charge in [0, 0.05) is 31.4 Å². The monoisotopic (exact) mass is 335 g/mol. The lowest BCUT2D eigenvalue weighted by atomic mass is 10.1. The van der Waals surface area contributed by atoms with Crippen LogP contribution in [0.4, 0.5) is 10.5 Å². The van der Waals surface area contributed by atoms with Crippen LogP contribution >= 0.6 is 0 Å². The van der Waals surface area contributed by atoms with E-state index in [4.69, 9.17) is 0 Å². The highest BCUT2D eigenvalue weighted by atomic mass is 16.2. The lowest BCUT2D eigenvalue weighted by Gasteiger charge is -2.26. The van der Waals surface area contributed by atoms with Crippen LogP contribution in [0.2, 0.25) is 0 Å². The molecule has 0 saturated carbocycles. The minimum Gasteiger partial charge on any atom is -0.336 e. The molecule has 0 unspecified atom stereocenters. The molecule has 0 radical (unpaired) electrons. The summed E-state index contributed by atoms with van der Waals surface area (Å²) in [6.45, 7) is 1.26. The molecule has 1 N–H and O–H groups in total. The van der Waals surface area contributed by atoms with Crippen LogP contribution in [-0.4, -0.2) is 37.0 Å². The Morgan fingerprint density at radius 1 is 1.20 bits per heavy atom. The highest BCUT2D eigenvalue weighted by Crippen LogP contribution is 2.35. The van der Waals surface area contributed by atoms with E-state index in [0.717, 1.165) is 18.5 Å². The van der Waals surface area contributed by atoms with Crippen molar-refractivity contribution in [2.24, 2.45) is 0 Å². The van der Waals surface area contributed by atoms with Crippen molar-refractivity contribution in [2.75, 3.05) is 25.0 Å². The molecular formula is C20H21N3O2. The summed E-state index contributed by atoms with van der Waals surface area (Å²) in [5, 5.41) is 2.79. The van der Waals surface area contributed by atoms with E-state index >= 15 is 0 Å². The molecule has 1 aliphatic carbocycles. The molecular weight excluding hydrogens is 314 g/mol. The van der Waals surface area contributed by atoms with Gasteiger partial charge in [-0.2, -0.15) is 0 Å². The SMILES string of the molecule is CN(C(=O)c1cccc(N2CCNC2=O)c1)[C@H]1CCc2ccccc21. The van der Waals surface area contributed by atoms with Crippen molar-refractivity contribution in [1.82, 2.24) is 10.2 Å². The molecule has 0 aromatic heterocycles. The Hall–Kier alpha value is -2.82. The van der Waals surface area contributed by atoms with Gasteiger partial charge in [0.05, 0.1) is 6.04 Å². The van der Waals surface area contributed by atoms with Crippen molar-refractivity contribution in [3.63, 3.8) is 0 Å². The van der Waals surface area contributed by atoms with Crippen LogP contribution in [-0.2, 0) is 6.42 Å². The van der Waals surface area contributed by atoms with E-state index in [1.54, 1.807) is 4.90 Å². The highest BCUT2D eigenvalue weighted by molar-refractivity contribution is 5.98. The standard InChI is InChI=1S/C20H21N3O2/c1-22(18-10-9-14-5-2-3-8-17(14)18)19(24)15-6-4-7-16(13-15)23-12-11-21-20(23)25/h2-8,13,18H,9-12H2,1H3,(H,21,25)/t18-/m0/s1. The number of nitrogens with zero attached hydrogens (tertiary/aromatic N) is 2. The third-order valence-corrected chi connectivity index (χ3v) is 5.15. The Labute approximate surface area is 147 Å². The average molecular weight is 335 g/mol. The lowest BCUT2D eigenvalue weighted by molar-refractivity contribution is 0.0730. The number of nitrogens with one attached hydrogen (secondary N) is 1. The third kappa shape index (κ3) is 2.76. The Balaban J connectivity index is 1.58. The maximum atomic E-state index is 13.0. The van der Waals surface area contributed by atoms with Crippen LogP contribution in [0.15, 0.2) is 48.5 Å². The zero-order valence-corrected chi connectivity index (χ0v) is 14.2. The quantitative estimate of drug-likeness (QED) is 0.937. The summed E-state index contributed by atoms with van der Waals surface area (Å²) >= 11 is 0. The van der Waals surface area contributed by atoms with E-state index in [1.807, 2.05) is 48.3 Å². The first kappa shape index (κ1) is 15.7. The molecule has 5 heteroatoms. The molecule has 1 fully saturated rings. The molecule has 4 rings (SSSR count). The predicted molar refractivity (Wildman–Crippen MR) is 96.8 cm³/mol. The highest BCUT2D eigenvalue weighted by Gasteiger charge is 2.29. The van der Waals surface area contributed by atoms with Crippen LogP contribution in [0.1, 0.15) is 33.9 Å². The molecule has 1 saturated heterocycles. The van der Waals surface area contributed by atoms with Crippen LogP contribution in [0.5, 0.6) is 0 Å². The van der Waals surface area contributed by atoms with Crippen molar-refractivity contribution in [3.8, 4) is 0 Å². The number of carbonyl (C=O) groups excluding carboxylic acids is 2. The van der Waals surface area contributed by atoms with Gasteiger partial charge >= 0.3 is 6.03 Å². The van der Waals surface area contributed by atoms with Gasteiger partial charge in [0.1, 0.15) is 0 Å². The summed E-state index contributed by atoms with van der Waals surface area (Å²) in [5.74, 6) is -0.0110. The van der Waals surface area contributed by atoms with Gasteiger partial charge in [0.25, 0.3) is 5.91 Å². The van der Waals surface area contributed by atoms with Crippen LogP contribution < -0.4 is 10.2 Å². The molecule has 2 aromatic carbocycles. The molecule has 1 aliphatic heterocycles. The van der Waals surface area contributed by atoms with Gasteiger partial charge in [-0.3, -0.25) is 9.69 Å². The predicted octanol–water partition coefficient (Wildman–Crippen LogP) is 2.98. The molecule has 128 valence electrons. The van der Waals surface area contributed by atoms with E-state index < -0.39 is 0 Å². The van der Waals surface area contributed by atoms with Gasteiger partial charge in [-0.15, -0.1) is 0 Å². The van der Waals surface area contributed by atoms with E-state index in [0.29, 0.717) is 18.7 Å². The number of urea groups is 1. The number of hydrogen-bond donors (Lipinski definition) is 1. The average Bonchev–Trinajstić information content (AvgIpc) is 3.26. The maximum absolute atomic E-state index is 13.0. The zero-order valence-electron chi connectivity index (χ0n) is 14.2. The van der Waals surface area contributed by atoms with Crippen molar-refractivity contribution in [1.29, 1.82) is 0 Å². The fourth-order valence-corrected chi connectivity index (χ4v) is 3.81. The maximum Gasteiger partial charge on any atom is 0.321 e. The van der Waals surface area contributed by atoms with E-state index in [2.05, 4.69) is 17.4 Å². The van der Waals surface area contributed by atoms with Crippen molar-refractivity contribution >= 4 is 17.6 Å². The first-order valence-corrected chi connectivity index (χ1v) is 8.65. The topological polar surface area (TPSA) is 52.7 Å². The normalized spacial score (nSPS) is 18.8. The van der Waals surface area contributed by atoms with Crippen LogP contribution in [0, 0.1) is 0 Å². The second-order valence-corrected chi connectivity index (χ2v) is 6.60. The Morgan fingerprint density at radius 3 is 2.84 bits per heavy atom. The zero-order chi connectivity index (χ0) is 17.4. The van der Waals surface area contributed by atoms with Crippen molar-refractivity contribution in [3.05, 3.63) is 65.2 Å². The fourth-order valence-electron chi connectivity index (χ4n) is 3.81. The minimum absolute atomic E-state index is 0.0110. The number of rotatable bonds is 3. The minimum atomic E-state index is -0.109. The summed E-state index contributed by atoms with van der Waals surface area (Å²) in [7, 11) is 1.87. The largest absolute Gasteiger partial charge is 0.336 e. The first-order valence-electron chi connectivity index (χ1n) is 8.65. The van der Waals surface area contributed by atoms with E-state index in [-0.39, 0.29) is 18.0 Å². The van der Waals surface area contributed by atoms with Crippen LogP contribution in [0.3, 0.4) is 0 Å². The number of hydrogen-bond acceptors (Lipinski definition) is 2. The number of anilines is 1. The summed E-state index contributed by atoms with van der Waals surface area (Å²) < 4.78 is 0. The summed E-state index contributed by atoms with van der Waals surface area (Å²) in [4.78, 5) is 28.3. The fraction of sp³-hybridized carbons (Fsp3) is 0.300. The molecule has 25 heavy (non-hydrogen) atoms. The summed E-state index contributed by atoms with van der Waals surface area (Å²) in [6, 6.07) is 15.7. The van der Waals surface area contributed by atoms with Gasteiger partial charge in [0.15, 0.2) is 0 Å². The van der Waals surface area contributed by atoms with Crippen LogP contribution in [0.25, 0.3) is 0 Å². The van der Waals surface area contributed by atoms with E-state index in [1.165, 1.54) is 11.1 Å². The molecule has 5 nitrogen and oxygen atoms in total. The number of benzene rings is 2. The van der Waals surface area contributed by atoms with Crippen molar-refractivity contribution < 1.29 is 9.59 Å². The number of fused-ring (bicyclic) bond motifs is 1. The van der Waals surface area contributed by atoms with Gasteiger partial charge in [-0.1, -0.05) is 30.3 Å². The lowest BCUT2D eigenvalue weighted by Crippen LogP contribution is -2.31. The molecule has 2 aliphatic rings. The molecule has 3 amide bonds. The second kappa shape index (κ2) is 6.24. The van der Waals surface area contributed by atoms with Gasteiger partial charge < -0.3 is 10.2 Å². The summed E-state index contributed by atoms with van der Waals surface area (Å²) in [6.07, 6.45) is 1.96. The Bertz CT molecular complexity index is 833. The second-order valence-electron chi connectivity index (χ2n) is 6.60. The smallest absolute Gasteiger partial charge is 0.321 e. The van der Waals surface area contributed by atoms with Gasteiger partial charge in [0.2, 0.25) is 0 Å².